The van der Waals surface area contributed by atoms with Crippen molar-refractivity contribution in [2.24, 2.45) is 11.8 Å². The van der Waals surface area contributed by atoms with Crippen molar-refractivity contribution in [3.63, 3.8) is 0 Å². The fraction of sp³-hybridized carbons (Fsp3) is 0.500. The van der Waals surface area contributed by atoms with Gasteiger partial charge in [-0.2, -0.15) is 16.0 Å². The third-order valence-corrected chi connectivity index (χ3v) is 0.332. The van der Waals surface area contributed by atoms with Gasteiger partial charge in [0.1, 0.15) is 0 Å². The van der Waals surface area contributed by atoms with E-state index < -0.39 is 21.0 Å². The topological polar surface area (TPSA) is 162 Å². The molecule has 0 spiro atoms. The molecule has 0 rings (SSSR count). The van der Waals surface area contributed by atoms with Crippen LogP contribution in [0, 0.1) is 0 Å². The van der Waals surface area contributed by atoms with Gasteiger partial charge in [-0.1, -0.05) is 0 Å². The Kier molecular flexibility index (Phi) is 14.7. The Morgan fingerprint density at radius 1 is 1.13 bits per heavy atom. The molecule has 0 aromatic heterocycles. The third kappa shape index (κ3) is 165. The zero-order chi connectivity index (χ0) is 13.1. The van der Waals surface area contributed by atoms with E-state index in [1.807, 2.05) is 0 Å². The molecule has 0 unspecified atom stereocenters. The average molecular weight is 264 g/mol. The van der Waals surface area contributed by atoms with E-state index in [-0.39, 0.29) is 0 Å². The van der Waals surface area contributed by atoms with Crippen LogP contribution in [-0.4, -0.2) is 25.3 Å². The molecule has 6 N–H and O–H groups in total. The molecule has 0 aromatic carbocycles. The molecule has 92 valence electrons. The van der Waals surface area contributed by atoms with E-state index >= 15 is 0 Å². The lowest BCUT2D eigenvalue weighted by atomic mass is 10.8. The minimum atomic E-state index is -3.83. The van der Waals surface area contributed by atoms with Crippen LogP contribution >= 0.6 is 0 Å². The van der Waals surface area contributed by atoms with Crippen molar-refractivity contribution in [3.05, 3.63) is 0 Å². The van der Waals surface area contributed by atoms with E-state index in [4.69, 9.17) is 13.3 Å². The van der Waals surface area contributed by atoms with Crippen LogP contribution < -0.4 is 11.8 Å². The summed E-state index contributed by atoms with van der Waals surface area (Å²) in [6, 6.07) is 0. The molecule has 0 heterocycles. The van der Waals surface area contributed by atoms with Gasteiger partial charge in [0.2, 0.25) is 0 Å². The minimum Gasteiger partial charge on any atom is -0.374 e. The first-order chi connectivity index (χ1) is 6.54. The molecule has 0 amide bonds. The first kappa shape index (κ1) is 19.7. The summed E-state index contributed by atoms with van der Waals surface area (Å²) in [5, 5.41) is 0. The maximum atomic E-state index is 9.47. The van der Waals surface area contributed by atoms with E-state index in [1.54, 1.807) is 0 Å². The second kappa shape index (κ2) is 11.2. The Morgan fingerprint density at radius 3 is 1.20 bits per heavy atom. The smallest absolute Gasteiger partial charge is 0.321 e. The van der Waals surface area contributed by atoms with Gasteiger partial charge >= 0.3 is 11.9 Å². The van der Waals surface area contributed by atoms with Gasteiger partial charge in [0.15, 0.2) is 0 Å². The van der Waals surface area contributed by atoms with E-state index in [9.17, 15) is 9.59 Å². The quantitative estimate of drug-likeness (QED) is 0.379. The molecule has 0 atom stereocenters. The Hall–Kier alpha value is -0.850. The fourth-order valence-electron chi connectivity index (χ4n) is 0. The maximum Gasteiger partial charge on any atom is 0.321 e. The van der Waals surface area contributed by atoms with Crippen LogP contribution in [0.2, 0.25) is 0 Å². The van der Waals surface area contributed by atoms with Crippen LogP contribution in [0.5, 0.6) is 0 Å². The van der Waals surface area contributed by atoms with Crippen molar-refractivity contribution in [3.8, 4) is 0 Å². The summed E-state index contributed by atoms with van der Waals surface area (Å²) < 4.78 is 24.0. The zero-order valence-electron chi connectivity index (χ0n) is 7.91. The van der Waals surface area contributed by atoms with Crippen molar-refractivity contribution in [1.29, 1.82) is 0 Å². The average Bonchev–Trinajstić information content (AvgIpc) is 2.02. The summed E-state index contributed by atoms with van der Waals surface area (Å²) in [5.74, 6) is 7.71. The number of hydrogen-bond donors (Lipinski definition) is 4. The van der Waals surface area contributed by atoms with E-state index in [0.717, 1.165) is 0 Å². The highest BCUT2D eigenvalue weighted by Gasteiger charge is 1.78. The lowest BCUT2D eigenvalue weighted by molar-refractivity contribution is -0.142. The first-order valence-corrected chi connectivity index (χ1v) is 5.38. The molecule has 0 aromatic rings. The monoisotopic (exact) mass is 264 g/mol. The zero-order valence-corrected chi connectivity index (χ0v) is 9.54. The van der Waals surface area contributed by atoms with Gasteiger partial charge in [-0.25, -0.2) is 0 Å². The summed E-state index contributed by atoms with van der Waals surface area (Å²) in [6.07, 6.45) is 0. The molecule has 0 aliphatic carbocycles. The molecular formula is C4H12N2O7S2. The standard InChI is InChI=1S/2C2H5NO2.H2O3S2/c2*1-2(4)5-3;1-5(2,3)4/h2*3H2,1H3;(H2,1,2,3,4). The predicted molar refractivity (Wildman–Crippen MR) is 52.7 cm³/mol. The Bertz CT molecular complexity index is 253. The van der Waals surface area contributed by atoms with Crippen molar-refractivity contribution in [1.82, 2.24) is 0 Å². The van der Waals surface area contributed by atoms with E-state index in [2.05, 4.69) is 32.7 Å². The molecule has 11 heteroatoms. The summed E-state index contributed by atoms with van der Waals surface area (Å²) in [7, 11) is -3.83. The molecule has 15 heavy (non-hydrogen) atoms. The molecule has 0 radical (unpaired) electrons. The number of rotatable bonds is 0. The lowest BCUT2D eigenvalue weighted by Gasteiger charge is -1.79. The molecule has 0 saturated carbocycles. The van der Waals surface area contributed by atoms with Gasteiger partial charge in [0.25, 0.3) is 9.05 Å². The summed E-state index contributed by atoms with van der Waals surface area (Å²) in [5.41, 5.74) is 0. The Labute approximate surface area is 90.9 Å². The molecule has 9 nitrogen and oxygen atoms in total. The highest BCUT2D eigenvalue weighted by Crippen LogP contribution is 1.62. The van der Waals surface area contributed by atoms with Crippen molar-refractivity contribution >= 4 is 32.2 Å². The summed E-state index contributed by atoms with van der Waals surface area (Å²) in [6.45, 7) is 2.47. The van der Waals surface area contributed by atoms with Crippen LogP contribution in [0.15, 0.2) is 0 Å². The minimum absolute atomic E-state index is 0.468. The predicted octanol–water partition coefficient (Wildman–Crippen LogP) is -1.47. The lowest BCUT2D eigenvalue weighted by Crippen LogP contribution is -2.03. The Morgan fingerprint density at radius 2 is 1.20 bits per heavy atom. The van der Waals surface area contributed by atoms with Gasteiger partial charge < -0.3 is 9.68 Å². The van der Waals surface area contributed by atoms with Crippen LogP contribution in [-0.2, 0) is 39.5 Å². The fourth-order valence-corrected chi connectivity index (χ4v) is 0. The van der Waals surface area contributed by atoms with Gasteiger partial charge in [0.05, 0.1) is 0 Å². The van der Waals surface area contributed by atoms with Crippen LogP contribution in [0.3, 0.4) is 0 Å². The SMILES string of the molecule is CC(=O)ON.CC(=O)ON.O=S(O)(O)=S. The third-order valence-electron chi connectivity index (χ3n) is 0.332. The molecule has 0 bridgehead atoms. The highest BCUT2D eigenvalue weighted by atomic mass is 32.9. The van der Waals surface area contributed by atoms with Gasteiger partial charge in [-0.15, -0.1) is 0 Å². The van der Waals surface area contributed by atoms with Gasteiger partial charge in [-0.3, -0.25) is 18.7 Å². The highest BCUT2D eigenvalue weighted by molar-refractivity contribution is 8.26. The van der Waals surface area contributed by atoms with Crippen LogP contribution in [0.25, 0.3) is 0 Å². The van der Waals surface area contributed by atoms with Crippen LogP contribution in [0.1, 0.15) is 13.8 Å². The molecule has 0 aliphatic rings. The second-order valence-corrected chi connectivity index (χ2v) is 3.87. The summed E-state index contributed by atoms with van der Waals surface area (Å²) in [4.78, 5) is 26.2. The van der Waals surface area contributed by atoms with Crippen molar-refractivity contribution in [2.45, 2.75) is 13.8 Å². The second-order valence-electron chi connectivity index (χ2n) is 1.67. The van der Waals surface area contributed by atoms with E-state index in [1.165, 1.54) is 13.8 Å². The van der Waals surface area contributed by atoms with Gasteiger partial charge in [0, 0.05) is 25.0 Å². The molecular weight excluding hydrogens is 252 g/mol. The van der Waals surface area contributed by atoms with Gasteiger partial charge in [-0.05, 0) is 0 Å². The normalized spacial score (nSPS) is 8.40. The van der Waals surface area contributed by atoms with Crippen molar-refractivity contribution in [2.75, 3.05) is 0 Å². The van der Waals surface area contributed by atoms with E-state index in [0.29, 0.717) is 0 Å². The van der Waals surface area contributed by atoms with Crippen molar-refractivity contribution < 1.29 is 32.6 Å². The largest absolute Gasteiger partial charge is 0.374 e. The number of carbonyl (C=O) groups excluding carboxylic acids is 2. The summed E-state index contributed by atoms with van der Waals surface area (Å²) >= 11 is 3.47. The first-order valence-electron chi connectivity index (χ1n) is 2.99. The maximum absolute atomic E-state index is 9.47. The molecule has 0 aliphatic heterocycles. The molecule has 0 saturated heterocycles. The number of carbonyl (C=O) groups is 2. The molecule has 0 fully saturated rings. The van der Waals surface area contributed by atoms with Crippen LogP contribution in [0.4, 0.5) is 0 Å². The Balaban J connectivity index is -0.000000144. The number of nitrogens with two attached hydrogens (primary N) is 2. The number of hydrogen-bond acceptors (Lipinski definition) is 8.